The fourth-order valence-corrected chi connectivity index (χ4v) is 3.34. The van der Waals surface area contributed by atoms with Gasteiger partial charge in [-0.05, 0) is 74.6 Å². The van der Waals surface area contributed by atoms with Crippen molar-refractivity contribution in [2.75, 3.05) is 0 Å². The Morgan fingerprint density at radius 2 is 1.25 bits per heavy atom. The van der Waals surface area contributed by atoms with Crippen LogP contribution >= 0.6 is 0 Å². The molecular formula is C23H36O5. The summed E-state index contributed by atoms with van der Waals surface area (Å²) in [6.45, 7) is 12.0. The molecule has 0 aliphatic carbocycles. The fourth-order valence-electron chi connectivity index (χ4n) is 3.34. The van der Waals surface area contributed by atoms with E-state index in [2.05, 4.69) is 27.7 Å². The molecule has 1 aromatic rings. The highest BCUT2D eigenvalue weighted by molar-refractivity contribution is 5.81. The van der Waals surface area contributed by atoms with Crippen molar-refractivity contribution >= 4 is 11.9 Å². The number of carboxylic acids is 2. The van der Waals surface area contributed by atoms with Gasteiger partial charge in [0.05, 0.1) is 17.9 Å². The second-order valence-corrected chi connectivity index (χ2v) is 8.68. The zero-order valence-electron chi connectivity index (χ0n) is 18.1. The zero-order chi connectivity index (χ0) is 21.4. The van der Waals surface area contributed by atoms with E-state index in [0.717, 1.165) is 12.8 Å². The Morgan fingerprint density at radius 1 is 0.786 bits per heavy atom. The van der Waals surface area contributed by atoms with Crippen LogP contribution in [0.3, 0.4) is 0 Å². The maximum Gasteiger partial charge on any atom is 0.310 e. The molecule has 0 bridgehead atoms. The summed E-state index contributed by atoms with van der Waals surface area (Å²) < 4.78 is 5.76. The Labute approximate surface area is 169 Å². The van der Waals surface area contributed by atoms with Crippen molar-refractivity contribution in [2.45, 2.75) is 85.2 Å². The minimum Gasteiger partial charge on any atom is -0.491 e. The van der Waals surface area contributed by atoms with Crippen LogP contribution in [0.1, 0.15) is 90.2 Å². The van der Waals surface area contributed by atoms with E-state index in [4.69, 9.17) is 4.74 Å². The van der Waals surface area contributed by atoms with Gasteiger partial charge < -0.3 is 14.9 Å². The summed E-state index contributed by atoms with van der Waals surface area (Å²) in [5.41, 5.74) is 1.17. The molecule has 0 aromatic heterocycles. The van der Waals surface area contributed by atoms with Gasteiger partial charge in [-0.2, -0.15) is 0 Å². The Balaban J connectivity index is 3.43. The van der Waals surface area contributed by atoms with Crippen LogP contribution in [-0.2, 0) is 9.59 Å². The fraction of sp³-hybridized carbons (Fsp3) is 0.652. The number of carboxylic acid groups (broad SMARTS) is 2. The predicted octanol–water partition coefficient (Wildman–Crippen LogP) is 5.68. The molecular weight excluding hydrogens is 356 g/mol. The summed E-state index contributed by atoms with van der Waals surface area (Å²) in [5.74, 6) is -1.95. The van der Waals surface area contributed by atoms with Crippen molar-refractivity contribution in [2.24, 2.45) is 11.8 Å². The largest absolute Gasteiger partial charge is 0.491 e. The molecule has 0 radical (unpaired) electrons. The van der Waals surface area contributed by atoms with Gasteiger partial charge in [-0.25, -0.2) is 0 Å². The normalized spacial score (nSPS) is 13.8. The van der Waals surface area contributed by atoms with Gasteiger partial charge in [0, 0.05) is 0 Å². The average Bonchev–Trinajstić information content (AvgIpc) is 2.55. The van der Waals surface area contributed by atoms with Crippen molar-refractivity contribution in [3.63, 3.8) is 0 Å². The third-order valence-corrected chi connectivity index (χ3v) is 4.84. The number of hydrogen-bond donors (Lipinski definition) is 2. The molecule has 1 aromatic carbocycles. The quantitative estimate of drug-likeness (QED) is 0.478. The van der Waals surface area contributed by atoms with Gasteiger partial charge in [0.15, 0.2) is 0 Å². The smallest absolute Gasteiger partial charge is 0.310 e. The molecule has 5 heteroatoms. The summed E-state index contributed by atoms with van der Waals surface area (Å²) in [5, 5.41) is 19.7. The molecule has 2 unspecified atom stereocenters. The molecule has 0 amide bonds. The van der Waals surface area contributed by atoms with Crippen molar-refractivity contribution in [1.82, 2.24) is 0 Å². The van der Waals surface area contributed by atoms with Crippen LogP contribution in [0.2, 0.25) is 0 Å². The molecule has 0 heterocycles. The van der Waals surface area contributed by atoms with E-state index < -0.39 is 23.8 Å². The maximum atomic E-state index is 12.1. The molecule has 0 aliphatic heterocycles. The molecule has 158 valence electrons. The van der Waals surface area contributed by atoms with E-state index in [0.29, 0.717) is 41.6 Å². The van der Waals surface area contributed by atoms with Gasteiger partial charge in [-0.1, -0.05) is 33.8 Å². The lowest BCUT2D eigenvalue weighted by Gasteiger charge is -2.23. The van der Waals surface area contributed by atoms with Crippen LogP contribution in [0.4, 0.5) is 0 Å². The Bertz CT molecular complexity index is 648. The van der Waals surface area contributed by atoms with E-state index in [1.165, 1.54) is 0 Å². The monoisotopic (exact) mass is 392 g/mol. The standard InChI is InChI=1S/C23H36O5/c1-14(2)7-10-19(22(24)25)18-12-9-17(28-16(5)6)13-21(18)20(23(26)27)11-8-15(3)4/h9,12-16,19-20H,7-8,10-11H2,1-6H3,(H,24,25)(H,26,27). The van der Waals surface area contributed by atoms with Gasteiger partial charge in [-0.15, -0.1) is 0 Å². The minimum atomic E-state index is -0.920. The van der Waals surface area contributed by atoms with Crippen LogP contribution in [0, 0.1) is 11.8 Å². The molecule has 5 nitrogen and oxygen atoms in total. The van der Waals surface area contributed by atoms with E-state index in [1.807, 2.05) is 13.8 Å². The highest BCUT2D eigenvalue weighted by atomic mass is 16.5. The summed E-state index contributed by atoms with van der Waals surface area (Å²) >= 11 is 0. The van der Waals surface area contributed by atoms with Crippen molar-refractivity contribution in [1.29, 1.82) is 0 Å². The number of hydrogen-bond acceptors (Lipinski definition) is 3. The Morgan fingerprint density at radius 3 is 1.64 bits per heavy atom. The topological polar surface area (TPSA) is 83.8 Å². The van der Waals surface area contributed by atoms with Crippen molar-refractivity contribution in [3.8, 4) is 5.75 Å². The van der Waals surface area contributed by atoms with Gasteiger partial charge >= 0.3 is 11.9 Å². The predicted molar refractivity (Wildman–Crippen MR) is 111 cm³/mol. The molecule has 28 heavy (non-hydrogen) atoms. The second-order valence-electron chi connectivity index (χ2n) is 8.68. The SMILES string of the molecule is CC(C)CCC(C(=O)O)c1ccc(OC(C)C)cc1C(CCC(C)C)C(=O)O. The Kier molecular flexibility index (Phi) is 9.50. The third kappa shape index (κ3) is 7.53. The molecule has 2 atom stereocenters. The first-order chi connectivity index (χ1) is 13.0. The third-order valence-electron chi connectivity index (χ3n) is 4.84. The summed E-state index contributed by atoms with van der Waals surface area (Å²) in [6.07, 6.45) is 2.44. The second kappa shape index (κ2) is 11.1. The van der Waals surface area contributed by atoms with Gasteiger partial charge in [0.2, 0.25) is 0 Å². The van der Waals surface area contributed by atoms with Crippen LogP contribution < -0.4 is 4.74 Å². The summed E-state index contributed by atoms with van der Waals surface area (Å²) in [4.78, 5) is 24.1. The first kappa shape index (κ1) is 24.0. The first-order valence-electron chi connectivity index (χ1n) is 10.3. The molecule has 0 saturated carbocycles. The molecule has 1 rings (SSSR count). The first-order valence-corrected chi connectivity index (χ1v) is 10.3. The van der Waals surface area contributed by atoms with E-state index in [-0.39, 0.29) is 6.10 Å². The summed E-state index contributed by atoms with van der Waals surface area (Å²) in [7, 11) is 0. The Hall–Kier alpha value is -2.04. The lowest BCUT2D eigenvalue weighted by molar-refractivity contribution is -0.140. The van der Waals surface area contributed by atoms with Crippen molar-refractivity contribution < 1.29 is 24.5 Å². The summed E-state index contributed by atoms with van der Waals surface area (Å²) in [6, 6.07) is 5.24. The highest BCUT2D eigenvalue weighted by Crippen LogP contribution is 2.36. The molecule has 0 aliphatic rings. The van der Waals surface area contributed by atoms with E-state index in [1.54, 1.807) is 18.2 Å². The van der Waals surface area contributed by atoms with Crippen LogP contribution in [0.5, 0.6) is 5.75 Å². The minimum absolute atomic E-state index is 0.0474. The number of rotatable bonds is 12. The molecule has 0 fully saturated rings. The van der Waals surface area contributed by atoms with Gasteiger partial charge in [0.25, 0.3) is 0 Å². The number of ether oxygens (including phenoxy) is 1. The molecule has 0 spiro atoms. The van der Waals surface area contributed by atoms with Gasteiger partial charge in [-0.3, -0.25) is 9.59 Å². The number of aliphatic carboxylic acids is 2. The van der Waals surface area contributed by atoms with Crippen LogP contribution in [0.25, 0.3) is 0 Å². The van der Waals surface area contributed by atoms with Crippen LogP contribution in [0.15, 0.2) is 18.2 Å². The molecule has 2 N–H and O–H groups in total. The zero-order valence-corrected chi connectivity index (χ0v) is 18.1. The maximum absolute atomic E-state index is 12.1. The lowest BCUT2D eigenvalue weighted by Crippen LogP contribution is -2.20. The lowest BCUT2D eigenvalue weighted by atomic mass is 9.81. The van der Waals surface area contributed by atoms with Gasteiger partial charge in [0.1, 0.15) is 5.75 Å². The molecule has 0 saturated heterocycles. The van der Waals surface area contributed by atoms with Crippen molar-refractivity contribution in [3.05, 3.63) is 29.3 Å². The van der Waals surface area contributed by atoms with E-state index in [9.17, 15) is 19.8 Å². The van der Waals surface area contributed by atoms with Crippen LogP contribution in [-0.4, -0.2) is 28.3 Å². The highest BCUT2D eigenvalue weighted by Gasteiger charge is 2.30. The number of benzene rings is 1. The number of carbonyl (C=O) groups is 2. The average molecular weight is 393 g/mol. The van der Waals surface area contributed by atoms with E-state index >= 15 is 0 Å².